The van der Waals surface area contributed by atoms with Gasteiger partial charge in [-0.25, -0.2) is 0 Å². The second-order valence-electron chi connectivity index (χ2n) is 8.68. The molecule has 0 aromatic heterocycles. The lowest BCUT2D eigenvalue weighted by molar-refractivity contribution is -0.133. The maximum absolute atomic E-state index is 12.4. The summed E-state index contributed by atoms with van der Waals surface area (Å²) < 4.78 is 0. The number of ketones is 2. The highest BCUT2D eigenvalue weighted by atomic mass is 16.1. The van der Waals surface area contributed by atoms with Gasteiger partial charge in [0.1, 0.15) is 5.78 Å². The van der Waals surface area contributed by atoms with Crippen LogP contribution < -0.4 is 0 Å². The van der Waals surface area contributed by atoms with Crippen molar-refractivity contribution >= 4 is 11.6 Å². The summed E-state index contributed by atoms with van der Waals surface area (Å²) in [5.74, 6) is 5.35. The van der Waals surface area contributed by atoms with Gasteiger partial charge in [-0.1, -0.05) is 19.4 Å². The average Bonchev–Trinajstić information content (AvgIpc) is 2.83. The second kappa shape index (κ2) is 4.82. The number of hydrogen-bond acceptors (Lipinski definition) is 2. The quantitative estimate of drug-likeness (QED) is 0.635. The van der Waals surface area contributed by atoms with E-state index in [1.54, 1.807) is 0 Å². The van der Waals surface area contributed by atoms with Gasteiger partial charge in [0.05, 0.1) is 0 Å². The van der Waals surface area contributed by atoms with Crippen molar-refractivity contribution in [3.05, 3.63) is 11.6 Å². The monoisotopic (exact) mass is 310 g/mol. The van der Waals surface area contributed by atoms with Crippen LogP contribution in [0.15, 0.2) is 11.6 Å². The normalized spacial score (nSPS) is 48.8. The molecule has 4 rings (SSSR count). The van der Waals surface area contributed by atoms with Crippen LogP contribution in [0.25, 0.3) is 0 Å². The van der Waals surface area contributed by atoms with Crippen molar-refractivity contribution in [2.24, 2.45) is 34.5 Å². The third-order valence-corrected chi connectivity index (χ3v) is 8.02. The number of rotatable bonds is 0. The molecule has 0 N–H and O–H groups in total. The van der Waals surface area contributed by atoms with Crippen LogP contribution in [0.1, 0.15) is 58.8 Å². The highest BCUT2D eigenvalue weighted by molar-refractivity contribution is 5.92. The molecule has 0 spiro atoms. The molecule has 1 unspecified atom stereocenters. The van der Waals surface area contributed by atoms with Gasteiger partial charge in [-0.3, -0.25) is 9.59 Å². The maximum atomic E-state index is 12.4. The zero-order chi connectivity index (χ0) is 16.4. The number of hydrogen-bond donors (Lipinski definition) is 0. The zero-order valence-corrected chi connectivity index (χ0v) is 14.2. The first-order chi connectivity index (χ1) is 10.9. The van der Waals surface area contributed by atoms with Crippen LogP contribution in [-0.4, -0.2) is 11.6 Å². The van der Waals surface area contributed by atoms with Crippen LogP contribution in [0.4, 0.5) is 0 Å². The van der Waals surface area contributed by atoms with Gasteiger partial charge in [-0.2, -0.15) is 0 Å². The van der Waals surface area contributed by atoms with Crippen LogP contribution in [0.2, 0.25) is 0 Å². The van der Waals surface area contributed by atoms with E-state index in [4.69, 9.17) is 6.42 Å². The fourth-order valence-corrected chi connectivity index (χ4v) is 6.64. The molecule has 0 amide bonds. The third-order valence-electron chi connectivity index (χ3n) is 8.02. The molecule has 0 saturated heterocycles. The number of fused-ring (bicyclic) bond motifs is 5. The van der Waals surface area contributed by atoms with Crippen LogP contribution in [0.3, 0.4) is 0 Å². The van der Waals surface area contributed by atoms with E-state index in [0.29, 0.717) is 30.0 Å². The minimum atomic E-state index is -0.0884. The largest absolute Gasteiger partial charge is 0.299 e. The Labute approximate surface area is 139 Å². The first-order valence-corrected chi connectivity index (χ1v) is 9.14. The van der Waals surface area contributed by atoms with E-state index >= 15 is 0 Å². The summed E-state index contributed by atoms with van der Waals surface area (Å²) in [4.78, 5) is 24.5. The van der Waals surface area contributed by atoms with Crippen LogP contribution in [0, 0.1) is 46.8 Å². The molecule has 23 heavy (non-hydrogen) atoms. The number of terminal acetylenes is 1. The average molecular weight is 310 g/mol. The molecule has 4 aliphatic rings. The minimum absolute atomic E-state index is 0.0292. The van der Waals surface area contributed by atoms with Crippen molar-refractivity contribution < 1.29 is 9.59 Å². The SMILES string of the molecule is C#CC1CC(=O)C=C2CC[C@H]3[C@@H]4CCC(=O)[C@@]4(C)CC[C@@H]3[C@]21C. The second-order valence-corrected chi connectivity index (χ2v) is 8.68. The van der Waals surface area contributed by atoms with E-state index in [1.165, 1.54) is 5.57 Å². The summed E-state index contributed by atoms with van der Waals surface area (Å²) in [6, 6.07) is 0. The Morgan fingerprint density at radius 3 is 2.65 bits per heavy atom. The molecular formula is C21H26O2. The van der Waals surface area contributed by atoms with Gasteiger partial charge in [0.25, 0.3) is 0 Å². The highest BCUT2D eigenvalue weighted by Gasteiger charge is 2.60. The van der Waals surface area contributed by atoms with Crippen LogP contribution in [0.5, 0.6) is 0 Å². The Bertz CT molecular complexity index is 651. The molecule has 2 heteroatoms. The summed E-state index contributed by atoms with van der Waals surface area (Å²) in [6.07, 6.45) is 14.3. The van der Waals surface area contributed by atoms with E-state index in [2.05, 4.69) is 19.8 Å². The van der Waals surface area contributed by atoms with Crippen molar-refractivity contribution in [3.63, 3.8) is 0 Å². The van der Waals surface area contributed by atoms with Gasteiger partial charge in [0, 0.05) is 29.6 Å². The predicted octanol–water partition coefficient (Wildman–Crippen LogP) is 3.95. The fourth-order valence-electron chi connectivity index (χ4n) is 6.64. The van der Waals surface area contributed by atoms with Crippen LogP contribution >= 0.6 is 0 Å². The smallest absolute Gasteiger partial charge is 0.156 e. The standard InChI is InChI=1S/C21H26O2/c1-4-13-11-15(22)12-14-5-6-16-17-7-8-19(23)20(17,2)10-9-18(16)21(13,14)3/h1,12-13,16-18H,5-11H2,2-3H3/t13?,16-,17-,18-,20-,21-/m0/s1. The number of Topliss-reactive ketones (excluding diaryl/α,β-unsaturated/α-hetero) is 1. The van der Waals surface area contributed by atoms with Gasteiger partial charge in [-0.05, 0) is 55.9 Å². The van der Waals surface area contributed by atoms with E-state index in [-0.39, 0.29) is 22.5 Å². The number of carbonyl (C=O) groups is 2. The van der Waals surface area contributed by atoms with E-state index in [0.717, 1.165) is 38.5 Å². The first kappa shape index (κ1) is 15.2. The molecule has 0 bridgehead atoms. The van der Waals surface area contributed by atoms with Crippen molar-refractivity contribution in [2.75, 3.05) is 0 Å². The molecular weight excluding hydrogens is 284 g/mol. The molecule has 0 aromatic rings. The van der Waals surface area contributed by atoms with E-state index in [1.807, 2.05) is 6.08 Å². The third kappa shape index (κ3) is 1.83. The van der Waals surface area contributed by atoms with Crippen molar-refractivity contribution in [1.29, 1.82) is 0 Å². The van der Waals surface area contributed by atoms with Crippen molar-refractivity contribution in [2.45, 2.75) is 58.8 Å². The predicted molar refractivity (Wildman–Crippen MR) is 89.4 cm³/mol. The Morgan fingerprint density at radius 2 is 1.91 bits per heavy atom. The molecule has 6 atom stereocenters. The van der Waals surface area contributed by atoms with Gasteiger partial charge >= 0.3 is 0 Å². The summed E-state index contributed by atoms with van der Waals surface area (Å²) in [5.41, 5.74) is 1.18. The molecule has 0 heterocycles. The van der Waals surface area contributed by atoms with Crippen molar-refractivity contribution in [3.8, 4) is 12.3 Å². The Morgan fingerprint density at radius 1 is 1.13 bits per heavy atom. The summed E-state index contributed by atoms with van der Waals surface area (Å²) >= 11 is 0. The fraction of sp³-hybridized carbons (Fsp3) is 0.714. The lowest BCUT2D eigenvalue weighted by Gasteiger charge is -2.58. The molecule has 3 fully saturated rings. The van der Waals surface area contributed by atoms with Crippen LogP contribution in [-0.2, 0) is 9.59 Å². The minimum Gasteiger partial charge on any atom is -0.299 e. The summed E-state index contributed by atoms with van der Waals surface area (Å²) in [7, 11) is 0. The Kier molecular flexibility index (Phi) is 3.18. The van der Waals surface area contributed by atoms with Gasteiger partial charge < -0.3 is 0 Å². The number of allylic oxidation sites excluding steroid dienone is 1. The molecule has 3 saturated carbocycles. The van der Waals surface area contributed by atoms with E-state index < -0.39 is 0 Å². The lowest BCUT2D eigenvalue weighted by Crippen LogP contribution is -2.53. The summed E-state index contributed by atoms with van der Waals surface area (Å²) in [6.45, 7) is 4.52. The first-order valence-electron chi connectivity index (χ1n) is 9.14. The van der Waals surface area contributed by atoms with Crippen molar-refractivity contribution in [1.82, 2.24) is 0 Å². The lowest BCUT2D eigenvalue weighted by atomic mass is 9.45. The topological polar surface area (TPSA) is 34.1 Å². The van der Waals surface area contributed by atoms with E-state index in [9.17, 15) is 9.59 Å². The van der Waals surface area contributed by atoms with Gasteiger partial charge in [-0.15, -0.1) is 12.3 Å². The maximum Gasteiger partial charge on any atom is 0.156 e. The Hall–Kier alpha value is -1.36. The molecule has 0 radical (unpaired) electrons. The number of carbonyl (C=O) groups excluding carboxylic acids is 2. The molecule has 0 aliphatic heterocycles. The Balaban J connectivity index is 1.76. The van der Waals surface area contributed by atoms with Gasteiger partial charge in [0.15, 0.2) is 5.78 Å². The zero-order valence-electron chi connectivity index (χ0n) is 14.2. The molecule has 122 valence electrons. The molecule has 2 nitrogen and oxygen atoms in total. The molecule has 0 aromatic carbocycles. The summed E-state index contributed by atoms with van der Waals surface area (Å²) in [5, 5.41) is 0. The molecule has 4 aliphatic carbocycles. The highest BCUT2D eigenvalue weighted by Crippen LogP contribution is 2.65. The van der Waals surface area contributed by atoms with Gasteiger partial charge in [0.2, 0.25) is 0 Å².